The highest BCUT2D eigenvalue weighted by Gasteiger charge is 2.50. The van der Waals surface area contributed by atoms with E-state index in [1.165, 1.54) is 12.3 Å². The van der Waals surface area contributed by atoms with E-state index in [0.29, 0.717) is 0 Å². The van der Waals surface area contributed by atoms with Crippen molar-refractivity contribution in [3.63, 3.8) is 0 Å². The van der Waals surface area contributed by atoms with Crippen LogP contribution in [-0.4, -0.2) is 47.8 Å². The number of rotatable bonds is 8. The van der Waals surface area contributed by atoms with Gasteiger partial charge in [-0.25, -0.2) is 18.2 Å². The van der Waals surface area contributed by atoms with Crippen LogP contribution in [0, 0.1) is 5.92 Å². The average molecular weight is 422 g/mol. The summed E-state index contributed by atoms with van der Waals surface area (Å²) in [7, 11) is 0. The third-order valence-corrected chi connectivity index (χ3v) is 4.79. The van der Waals surface area contributed by atoms with Gasteiger partial charge in [0.2, 0.25) is 0 Å². The second kappa shape index (κ2) is 9.31. The summed E-state index contributed by atoms with van der Waals surface area (Å²) >= 11 is 5.91. The van der Waals surface area contributed by atoms with Crippen LogP contribution in [0.5, 0.6) is 0 Å². The minimum absolute atomic E-state index is 0.0894. The van der Waals surface area contributed by atoms with Crippen LogP contribution in [0.2, 0.25) is 5.15 Å². The molecule has 1 fully saturated rings. The summed E-state index contributed by atoms with van der Waals surface area (Å²) in [6.07, 6.45) is -1.79. The molecule has 5 nitrogen and oxygen atoms in total. The summed E-state index contributed by atoms with van der Waals surface area (Å²) in [6, 6.07) is 0.800. The van der Waals surface area contributed by atoms with E-state index in [9.17, 15) is 18.0 Å². The first-order chi connectivity index (χ1) is 13.0. The van der Waals surface area contributed by atoms with E-state index in [2.05, 4.69) is 15.6 Å². The standard InChI is InChI=1S/C19H27ClF3N3O2/c1-10(2)14(21)9-25-18(27)13-8-24-17(20)6-15(13)26-12-5-16(28-11(3)4)19(22,23)7-12/h6,8,10-12,14,16H,5,7,9H2,1-4H3,(H,24,26)(H,25,27). The number of carbonyl (C=O) groups is 1. The highest BCUT2D eigenvalue weighted by atomic mass is 35.5. The Hall–Kier alpha value is -1.54. The zero-order valence-corrected chi connectivity index (χ0v) is 17.2. The molecule has 3 unspecified atom stereocenters. The van der Waals surface area contributed by atoms with Gasteiger partial charge in [0.05, 0.1) is 17.4 Å². The van der Waals surface area contributed by atoms with Gasteiger partial charge in [0, 0.05) is 25.2 Å². The number of halogens is 4. The highest BCUT2D eigenvalue weighted by Crippen LogP contribution is 2.39. The van der Waals surface area contributed by atoms with Crippen LogP contribution in [0.4, 0.5) is 18.9 Å². The van der Waals surface area contributed by atoms with Crippen molar-refractivity contribution in [2.75, 3.05) is 11.9 Å². The van der Waals surface area contributed by atoms with Crippen molar-refractivity contribution >= 4 is 23.2 Å². The van der Waals surface area contributed by atoms with Crippen molar-refractivity contribution in [1.82, 2.24) is 10.3 Å². The second-order valence-electron chi connectivity index (χ2n) is 7.74. The van der Waals surface area contributed by atoms with Gasteiger partial charge in [-0.3, -0.25) is 4.79 Å². The Bertz CT molecular complexity index is 688. The lowest BCUT2D eigenvalue weighted by Crippen LogP contribution is -2.33. The van der Waals surface area contributed by atoms with E-state index in [1.54, 1.807) is 27.7 Å². The third-order valence-electron chi connectivity index (χ3n) is 4.58. The van der Waals surface area contributed by atoms with E-state index >= 15 is 0 Å². The number of alkyl halides is 3. The molecule has 0 bridgehead atoms. The number of anilines is 1. The molecule has 9 heteroatoms. The number of hydrogen-bond donors (Lipinski definition) is 2. The van der Waals surface area contributed by atoms with Crippen molar-refractivity contribution in [2.45, 2.75) is 70.9 Å². The molecular formula is C19H27ClF3N3O2. The van der Waals surface area contributed by atoms with Crippen LogP contribution >= 0.6 is 11.6 Å². The summed E-state index contributed by atoms with van der Waals surface area (Å²) in [6.45, 7) is 6.69. The Morgan fingerprint density at radius 1 is 1.39 bits per heavy atom. The Balaban J connectivity index is 2.11. The predicted molar refractivity (Wildman–Crippen MR) is 103 cm³/mol. The van der Waals surface area contributed by atoms with E-state index in [4.69, 9.17) is 16.3 Å². The third kappa shape index (κ3) is 5.98. The second-order valence-corrected chi connectivity index (χ2v) is 8.13. The van der Waals surface area contributed by atoms with E-state index in [0.717, 1.165) is 0 Å². The number of nitrogens with one attached hydrogen (secondary N) is 2. The average Bonchev–Trinajstić information content (AvgIpc) is 2.84. The summed E-state index contributed by atoms with van der Waals surface area (Å²) < 4.78 is 47.5. The Labute approximate surface area is 168 Å². The van der Waals surface area contributed by atoms with Crippen molar-refractivity contribution < 1.29 is 22.7 Å². The van der Waals surface area contributed by atoms with Gasteiger partial charge in [-0.15, -0.1) is 0 Å². The lowest BCUT2D eigenvalue weighted by Gasteiger charge is -2.21. The molecule has 1 heterocycles. The van der Waals surface area contributed by atoms with Crippen molar-refractivity contribution in [2.24, 2.45) is 5.92 Å². The fraction of sp³-hybridized carbons (Fsp3) is 0.684. The summed E-state index contributed by atoms with van der Waals surface area (Å²) in [5.41, 5.74) is 0.403. The maximum absolute atomic E-state index is 14.2. The van der Waals surface area contributed by atoms with Gasteiger partial charge >= 0.3 is 0 Å². The molecule has 0 saturated heterocycles. The molecule has 0 radical (unpaired) electrons. The monoisotopic (exact) mass is 421 g/mol. The van der Waals surface area contributed by atoms with Gasteiger partial charge in [0.25, 0.3) is 11.8 Å². The molecule has 1 aromatic rings. The molecule has 1 aromatic heterocycles. The fourth-order valence-corrected chi connectivity index (χ4v) is 3.20. The van der Waals surface area contributed by atoms with Crippen LogP contribution in [0.15, 0.2) is 12.3 Å². The first-order valence-electron chi connectivity index (χ1n) is 9.37. The van der Waals surface area contributed by atoms with Crippen LogP contribution in [0.25, 0.3) is 0 Å². The van der Waals surface area contributed by atoms with Crippen molar-refractivity contribution in [1.29, 1.82) is 0 Å². The quantitative estimate of drug-likeness (QED) is 0.608. The predicted octanol–water partition coefficient (Wildman–Crippen LogP) is 4.46. The number of carbonyl (C=O) groups excluding carboxylic acids is 1. The summed E-state index contributed by atoms with van der Waals surface area (Å²) in [5, 5.41) is 5.58. The molecule has 28 heavy (non-hydrogen) atoms. The zero-order chi connectivity index (χ0) is 21.1. The normalized spacial score (nSPS) is 22.5. The first kappa shape index (κ1) is 22.7. The number of amides is 1. The molecule has 1 amide bonds. The van der Waals surface area contributed by atoms with Gasteiger partial charge in [0.15, 0.2) is 0 Å². The minimum atomic E-state index is -2.97. The number of nitrogens with zero attached hydrogens (tertiary/aromatic N) is 1. The minimum Gasteiger partial charge on any atom is -0.381 e. The highest BCUT2D eigenvalue weighted by molar-refractivity contribution is 6.29. The molecule has 0 aliphatic heterocycles. The topological polar surface area (TPSA) is 63.2 Å². The van der Waals surface area contributed by atoms with Gasteiger partial charge in [-0.1, -0.05) is 25.4 Å². The maximum atomic E-state index is 14.2. The zero-order valence-electron chi connectivity index (χ0n) is 16.4. The molecule has 2 rings (SSSR count). The van der Waals surface area contributed by atoms with Crippen molar-refractivity contribution in [3.8, 4) is 0 Å². The SMILES string of the molecule is CC(C)OC1CC(Nc2cc(Cl)ncc2C(=O)NCC(F)C(C)C)CC1(F)F. The molecule has 1 aliphatic rings. The van der Waals surface area contributed by atoms with Gasteiger partial charge in [-0.2, -0.15) is 0 Å². The molecule has 2 N–H and O–H groups in total. The van der Waals surface area contributed by atoms with Gasteiger partial charge < -0.3 is 15.4 Å². The van der Waals surface area contributed by atoms with Crippen molar-refractivity contribution in [3.05, 3.63) is 23.0 Å². The molecular weight excluding hydrogens is 395 g/mol. The van der Waals surface area contributed by atoms with Crippen LogP contribution in [-0.2, 0) is 4.74 Å². The molecule has 158 valence electrons. The van der Waals surface area contributed by atoms with Crippen LogP contribution in [0.3, 0.4) is 0 Å². The smallest absolute Gasteiger partial charge is 0.275 e. The Morgan fingerprint density at radius 3 is 2.68 bits per heavy atom. The van der Waals surface area contributed by atoms with Gasteiger partial charge in [0.1, 0.15) is 17.4 Å². The largest absolute Gasteiger partial charge is 0.381 e. The lowest BCUT2D eigenvalue weighted by atomic mass is 10.1. The van der Waals surface area contributed by atoms with E-state index in [1.807, 2.05) is 0 Å². The number of ether oxygens (including phenoxy) is 1. The number of pyridine rings is 1. The maximum Gasteiger partial charge on any atom is 0.275 e. The molecule has 0 aromatic carbocycles. The van der Waals surface area contributed by atoms with Gasteiger partial charge in [-0.05, 0) is 32.3 Å². The fourth-order valence-electron chi connectivity index (χ4n) is 3.04. The summed E-state index contributed by atoms with van der Waals surface area (Å²) in [4.78, 5) is 16.3. The molecule has 3 atom stereocenters. The van der Waals surface area contributed by atoms with Crippen LogP contribution in [0.1, 0.15) is 50.9 Å². The lowest BCUT2D eigenvalue weighted by molar-refractivity contribution is -0.133. The summed E-state index contributed by atoms with van der Waals surface area (Å²) in [5.74, 6) is -3.76. The Kier molecular flexibility index (Phi) is 7.56. The molecule has 1 saturated carbocycles. The van der Waals surface area contributed by atoms with E-state index < -0.39 is 36.6 Å². The van der Waals surface area contributed by atoms with Crippen LogP contribution < -0.4 is 10.6 Å². The van der Waals surface area contributed by atoms with E-state index in [-0.39, 0.29) is 41.4 Å². The molecule has 1 aliphatic carbocycles. The first-order valence-corrected chi connectivity index (χ1v) is 9.75. The number of aromatic nitrogens is 1. The Morgan fingerprint density at radius 2 is 2.07 bits per heavy atom. The number of hydrogen-bond acceptors (Lipinski definition) is 4. The molecule has 0 spiro atoms.